The van der Waals surface area contributed by atoms with Crippen LogP contribution in [0.25, 0.3) is 11.5 Å². The lowest BCUT2D eigenvalue weighted by Gasteiger charge is -2.07. The molecule has 0 atom stereocenters. The van der Waals surface area contributed by atoms with Gasteiger partial charge in [-0.15, -0.1) is 10.2 Å². The molecule has 0 bridgehead atoms. The topological polar surface area (TPSA) is 60.2 Å². The summed E-state index contributed by atoms with van der Waals surface area (Å²) in [5.41, 5.74) is 1.66. The van der Waals surface area contributed by atoms with E-state index in [1.54, 1.807) is 31.4 Å². The number of hydrogen-bond donors (Lipinski definition) is 1. The second-order valence-electron chi connectivity index (χ2n) is 4.71. The maximum atomic E-state index is 6.08. The van der Waals surface area contributed by atoms with E-state index in [2.05, 4.69) is 15.5 Å². The van der Waals surface area contributed by atoms with Gasteiger partial charge < -0.3 is 14.5 Å². The second-order valence-corrected chi connectivity index (χ2v) is 5.55. The molecule has 1 heterocycles. The Morgan fingerprint density at radius 1 is 1.09 bits per heavy atom. The van der Waals surface area contributed by atoms with Crippen LogP contribution in [0.3, 0.4) is 0 Å². The van der Waals surface area contributed by atoms with E-state index in [9.17, 15) is 0 Å². The van der Waals surface area contributed by atoms with E-state index in [4.69, 9.17) is 32.4 Å². The number of nitrogens with zero attached hydrogens (tertiary/aromatic N) is 2. The van der Waals surface area contributed by atoms with Crippen molar-refractivity contribution in [3.8, 4) is 17.2 Å². The molecule has 0 aliphatic heterocycles. The highest BCUT2D eigenvalue weighted by Crippen LogP contribution is 2.27. The fourth-order valence-corrected chi connectivity index (χ4v) is 2.37. The minimum Gasteiger partial charge on any atom is -0.495 e. The van der Waals surface area contributed by atoms with Crippen LogP contribution >= 0.6 is 23.2 Å². The van der Waals surface area contributed by atoms with Crippen LogP contribution in [0, 0.1) is 0 Å². The lowest BCUT2D eigenvalue weighted by molar-refractivity contribution is 0.415. The van der Waals surface area contributed by atoms with Gasteiger partial charge in [0, 0.05) is 16.3 Å². The highest BCUT2D eigenvalue weighted by Gasteiger charge is 2.09. The van der Waals surface area contributed by atoms with Crippen LogP contribution in [-0.4, -0.2) is 17.3 Å². The number of anilines is 1. The lowest BCUT2D eigenvalue weighted by Crippen LogP contribution is -1.99. The molecule has 23 heavy (non-hydrogen) atoms. The third kappa shape index (κ3) is 3.75. The summed E-state index contributed by atoms with van der Waals surface area (Å²) in [6.07, 6.45) is 0. The Bertz CT molecular complexity index is 803. The van der Waals surface area contributed by atoms with Crippen LogP contribution in [0.2, 0.25) is 10.0 Å². The first kappa shape index (κ1) is 15.6. The maximum absolute atomic E-state index is 6.08. The molecule has 3 aromatic rings. The number of methoxy groups -OCH3 is 1. The molecule has 0 saturated heterocycles. The van der Waals surface area contributed by atoms with Crippen LogP contribution < -0.4 is 10.1 Å². The van der Waals surface area contributed by atoms with Crippen LogP contribution in [0.15, 0.2) is 46.9 Å². The molecular weight excluding hydrogens is 337 g/mol. The van der Waals surface area contributed by atoms with Crippen molar-refractivity contribution in [3.63, 3.8) is 0 Å². The molecule has 2 aromatic carbocycles. The number of hydrogen-bond acceptors (Lipinski definition) is 5. The van der Waals surface area contributed by atoms with E-state index in [0.29, 0.717) is 34.1 Å². The Balaban J connectivity index is 1.67. The van der Waals surface area contributed by atoms with Crippen LogP contribution in [0.4, 0.5) is 5.69 Å². The van der Waals surface area contributed by atoms with Gasteiger partial charge in [0.25, 0.3) is 0 Å². The Labute approximate surface area is 143 Å². The first-order valence-electron chi connectivity index (χ1n) is 6.81. The predicted octanol–water partition coefficient (Wildman–Crippen LogP) is 4.66. The van der Waals surface area contributed by atoms with Crippen LogP contribution in [0.5, 0.6) is 5.75 Å². The fraction of sp³-hybridized carbons (Fsp3) is 0.125. The minimum atomic E-state index is 0.392. The second kappa shape index (κ2) is 6.89. The Hall–Kier alpha value is -2.24. The van der Waals surface area contributed by atoms with Gasteiger partial charge in [-0.05, 0) is 42.5 Å². The molecule has 7 heteroatoms. The third-order valence-electron chi connectivity index (χ3n) is 3.15. The van der Waals surface area contributed by atoms with Crippen molar-refractivity contribution >= 4 is 28.9 Å². The summed E-state index contributed by atoms with van der Waals surface area (Å²) in [6.45, 7) is 0.392. The average Bonchev–Trinajstić information content (AvgIpc) is 3.03. The number of halogens is 2. The van der Waals surface area contributed by atoms with Crippen molar-refractivity contribution in [2.24, 2.45) is 0 Å². The van der Waals surface area contributed by atoms with E-state index in [1.165, 1.54) is 0 Å². The van der Waals surface area contributed by atoms with E-state index in [-0.39, 0.29) is 0 Å². The quantitative estimate of drug-likeness (QED) is 0.725. The van der Waals surface area contributed by atoms with Crippen molar-refractivity contribution in [3.05, 3.63) is 58.4 Å². The summed E-state index contributed by atoms with van der Waals surface area (Å²) < 4.78 is 10.7. The fourth-order valence-electron chi connectivity index (χ4n) is 1.99. The average molecular weight is 350 g/mol. The zero-order chi connectivity index (χ0) is 16.2. The standard InChI is InChI=1S/C16H13Cl2N3O2/c1-22-14-7-6-12(8-13(14)18)19-9-15-20-21-16(23-15)10-2-4-11(17)5-3-10/h2-8,19H,9H2,1H3. The molecule has 0 spiro atoms. The highest BCUT2D eigenvalue weighted by atomic mass is 35.5. The minimum absolute atomic E-state index is 0.392. The van der Waals surface area contributed by atoms with Gasteiger partial charge in [-0.25, -0.2) is 0 Å². The Kier molecular flexibility index (Phi) is 4.69. The summed E-state index contributed by atoms with van der Waals surface area (Å²) in [5.74, 6) is 1.55. The third-order valence-corrected chi connectivity index (χ3v) is 3.70. The molecule has 0 radical (unpaired) electrons. The molecule has 0 fully saturated rings. The van der Waals surface area contributed by atoms with Gasteiger partial charge >= 0.3 is 0 Å². The molecular formula is C16H13Cl2N3O2. The monoisotopic (exact) mass is 349 g/mol. The van der Waals surface area contributed by atoms with Gasteiger partial charge in [-0.3, -0.25) is 0 Å². The van der Waals surface area contributed by atoms with E-state index >= 15 is 0 Å². The van der Waals surface area contributed by atoms with Crippen molar-refractivity contribution in [2.75, 3.05) is 12.4 Å². The number of rotatable bonds is 5. The number of benzene rings is 2. The van der Waals surface area contributed by atoms with Crippen molar-refractivity contribution in [2.45, 2.75) is 6.54 Å². The highest BCUT2D eigenvalue weighted by molar-refractivity contribution is 6.32. The molecule has 1 N–H and O–H groups in total. The van der Waals surface area contributed by atoms with Gasteiger partial charge in [0.2, 0.25) is 11.8 Å². The molecule has 0 aliphatic carbocycles. The molecule has 0 aliphatic rings. The van der Waals surface area contributed by atoms with Gasteiger partial charge in [-0.1, -0.05) is 23.2 Å². The zero-order valence-electron chi connectivity index (χ0n) is 12.2. The largest absolute Gasteiger partial charge is 0.495 e. The SMILES string of the molecule is COc1ccc(NCc2nnc(-c3ccc(Cl)cc3)o2)cc1Cl. The summed E-state index contributed by atoms with van der Waals surface area (Å²) in [4.78, 5) is 0. The molecule has 118 valence electrons. The number of ether oxygens (including phenoxy) is 1. The Morgan fingerprint density at radius 2 is 1.87 bits per heavy atom. The molecule has 0 saturated carbocycles. The normalized spacial score (nSPS) is 10.6. The molecule has 5 nitrogen and oxygen atoms in total. The Morgan fingerprint density at radius 3 is 2.57 bits per heavy atom. The van der Waals surface area contributed by atoms with E-state index < -0.39 is 0 Å². The summed E-state index contributed by atoms with van der Waals surface area (Å²) in [5, 5.41) is 12.4. The van der Waals surface area contributed by atoms with Crippen molar-refractivity contribution < 1.29 is 9.15 Å². The molecule has 1 aromatic heterocycles. The van der Waals surface area contributed by atoms with Crippen LogP contribution in [-0.2, 0) is 6.54 Å². The van der Waals surface area contributed by atoms with Crippen molar-refractivity contribution in [1.82, 2.24) is 10.2 Å². The summed E-state index contributed by atoms with van der Waals surface area (Å²) in [7, 11) is 1.57. The molecule has 0 unspecified atom stereocenters. The van der Waals surface area contributed by atoms with Gasteiger partial charge in [0.05, 0.1) is 18.7 Å². The van der Waals surface area contributed by atoms with E-state index in [0.717, 1.165) is 11.3 Å². The molecule has 3 rings (SSSR count). The zero-order valence-corrected chi connectivity index (χ0v) is 13.7. The molecule has 0 amide bonds. The maximum Gasteiger partial charge on any atom is 0.247 e. The summed E-state index contributed by atoms with van der Waals surface area (Å²) >= 11 is 11.9. The number of nitrogens with one attached hydrogen (secondary N) is 1. The number of aromatic nitrogens is 2. The lowest BCUT2D eigenvalue weighted by atomic mass is 10.2. The summed E-state index contributed by atoms with van der Waals surface area (Å²) in [6, 6.07) is 12.6. The van der Waals surface area contributed by atoms with Crippen LogP contribution in [0.1, 0.15) is 5.89 Å². The van der Waals surface area contributed by atoms with E-state index in [1.807, 2.05) is 18.2 Å². The van der Waals surface area contributed by atoms with Gasteiger partial charge in [-0.2, -0.15) is 0 Å². The van der Waals surface area contributed by atoms with Gasteiger partial charge in [0.1, 0.15) is 5.75 Å². The first-order valence-corrected chi connectivity index (χ1v) is 7.57. The smallest absolute Gasteiger partial charge is 0.247 e. The van der Waals surface area contributed by atoms with Crippen molar-refractivity contribution in [1.29, 1.82) is 0 Å². The first-order chi connectivity index (χ1) is 11.2. The van der Waals surface area contributed by atoms with Gasteiger partial charge in [0.15, 0.2) is 0 Å². The predicted molar refractivity (Wildman–Crippen MR) is 90.1 cm³/mol.